The molecule has 2 aromatic rings. The van der Waals surface area contributed by atoms with Gasteiger partial charge in [-0.1, -0.05) is 36.4 Å². The van der Waals surface area contributed by atoms with Crippen LogP contribution in [0.2, 0.25) is 0 Å². The Morgan fingerprint density at radius 2 is 1.37 bits per heavy atom. The van der Waals surface area contributed by atoms with Crippen LogP contribution in [-0.2, 0) is 11.2 Å². The monoisotopic (exact) mass is 482 g/mol. The lowest BCUT2D eigenvalue weighted by molar-refractivity contribution is 0.304. The van der Waals surface area contributed by atoms with Crippen LogP contribution in [0.25, 0.3) is 0 Å². The Morgan fingerprint density at radius 1 is 0.800 bits per heavy atom. The van der Waals surface area contributed by atoms with Gasteiger partial charge in [-0.05, 0) is 118 Å². The Balaban J connectivity index is 1.14. The van der Waals surface area contributed by atoms with Gasteiger partial charge in [-0.15, -0.1) is 0 Å². The van der Waals surface area contributed by atoms with Gasteiger partial charge in [0.05, 0.1) is 6.61 Å². The minimum Gasteiger partial charge on any atom is -0.368 e. The number of hydrogen-bond acceptors (Lipinski definition) is 1. The molecule has 0 bridgehead atoms. The van der Waals surface area contributed by atoms with E-state index in [0.717, 1.165) is 69.8 Å². The van der Waals surface area contributed by atoms with Gasteiger partial charge in [0, 0.05) is 5.56 Å². The molecule has 2 saturated carbocycles. The molecule has 1 atom stereocenters. The van der Waals surface area contributed by atoms with Gasteiger partial charge < -0.3 is 4.74 Å². The smallest absolute Gasteiger partial charge is 0.162 e. The second kappa shape index (κ2) is 10.9. The van der Waals surface area contributed by atoms with E-state index in [1.165, 1.54) is 0 Å². The predicted molar refractivity (Wildman–Crippen MR) is 134 cm³/mol. The zero-order valence-electron chi connectivity index (χ0n) is 20.7. The number of aryl methyl sites for hydroxylation is 1. The quantitative estimate of drug-likeness (QED) is 0.283. The SMILES string of the molecule is C/C=C/C1CCC(c2ccc(C3CCC(CCc4ccc(C5CO5)c(F)c4)CC3)c(F)c2F)CC1. The maximum absolute atomic E-state index is 15.2. The lowest BCUT2D eigenvalue weighted by atomic mass is 9.75. The largest absolute Gasteiger partial charge is 0.368 e. The highest BCUT2D eigenvalue weighted by atomic mass is 19.2. The Labute approximate surface area is 207 Å². The summed E-state index contributed by atoms with van der Waals surface area (Å²) in [5, 5.41) is 0. The van der Waals surface area contributed by atoms with Crippen molar-refractivity contribution >= 4 is 0 Å². The number of benzene rings is 2. The highest BCUT2D eigenvalue weighted by Crippen LogP contribution is 2.42. The number of allylic oxidation sites excluding steroid dienone is 2. The van der Waals surface area contributed by atoms with Crippen LogP contribution in [0.15, 0.2) is 42.5 Å². The molecule has 0 aromatic heterocycles. The summed E-state index contributed by atoms with van der Waals surface area (Å²) in [6.07, 6.45) is 13.9. The van der Waals surface area contributed by atoms with Crippen LogP contribution < -0.4 is 0 Å². The summed E-state index contributed by atoms with van der Waals surface area (Å²) in [5.41, 5.74) is 2.82. The molecule has 1 unspecified atom stereocenters. The van der Waals surface area contributed by atoms with Gasteiger partial charge in [0.15, 0.2) is 11.6 Å². The normalized spacial score (nSPS) is 29.0. The Hall–Kier alpha value is -2.07. The van der Waals surface area contributed by atoms with Crippen molar-refractivity contribution in [3.8, 4) is 0 Å². The summed E-state index contributed by atoms with van der Waals surface area (Å²) in [7, 11) is 0. The second-order valence-corrected chi connectivity index (χ2v) is 10.9. The molecule has 2 aliphatic carbocycles. The van der Waals surface area contributed by atoms with Crippen LogP contribution in [-0.4, -0.2) is 6.61 Å². The van der Waals surface area contributed by atoms with Gasteiger partial charge in [0.25, 0.3) is 0 Å². The molecule has 0 spiro atoms. The lowest BCUT2D eigenvalue weighted by Crippen LogP contribution is -2.17. The summed E-state index contributed by atoms with van der Waals surface area (Å²) in [4.78, 5) is 0. The minimum absolute atomic E-state index is 0.0585. The summed E-state index contributed by atoms with van der Waals surface area (Å²) in [6.45, 7) is 2.66. The van der Waals surface area contributed by atoms with Crippen molar-refractivity contribution in [2.24, 2.45) is 11.8 Å². The maximum atomic E-state index is 15.2. The topological polar surface area (TPSA) is 12.5 Å². The highest BCUT2D eigenvalue weighted by molar-refractivity contribution is 5.32. The van der Waals surface area contributed by atoms with Gasteiger partial charge in [-0.2, -0.15) is 0 Å². The zero-order chi connectivity index (χ0) is 24.4. The molecule has 4 heteroatoms. The van der Waals surface area contributed by atoms with Gasteiger partial charge in [-0.3, -0.25) is 0 Å². The van der Waals surface area contributed by atoms with Gasteiger partial charge >= 0.3 is 0 Å². The van der Waals surface area contributed by atoms with Crippen molar-refractivity contribution in [1.82, 2.24) is 0 Å². The fourth-order valence-corrected chi connectivity index (χ4v) is 6.45. The first-order chi connectivity index (χ1) is 17.0. The van der Waals surface area contributed by atoms with Crippen molar-refractivity contribution in [2.45, 2.75) is 89.1 Å². The van der Waals surface area contributed by atoms with Gasteiger partial charge in [0.1, 0.15) is 11.9 Å². The van der Waals surface area contributed by atoms with E-state index >= 15 is 8.78 Å². The Kier molecular flexibility index (Phi) is 7.67. The molecule has 3 fully saturated rings. The van der Waals surface area contributed by atoms with E-state index < -0.39 is 11.6 Å². The van der Waals surface area contributed by atoms with E-state index in [2.05, 4.69) is 12.2 Å². The minimum atomic E-state index is -0.614. The van der Waals surface area contributed by atoms with Gasteiger partial charge in [-0.25, -0.2) is 13.2 Å². The number of rotatable bonds is 7. The molecule has 1 heterocycles. The number of ether oxygens (including phenoxy) is 1. The van der Waals surface area contributed by atoms with E-state index in [1.54, 1.807) is 6.07 Å². The fourth-order valence-electron chi connectivity index (χ4n) is 6.45. The maximum Gasteiger partial charge on any atom is 0.162 e. The van der Waals surface area contributed by atoms with Crippen molar-refractivity contribution in [3.05, 3.63) is 82.2 Å². The van der Waals surface area contributed by atoms with Crippen LogP contribution in [0.1, 0.15) is 105 Å². The summed E-state index contributed by atoms with van der Waals surface area (Å²) in [5.74, 6) is -0.0324. The van der Waals surface area contributed by atoms with E-state index in [-0.39, 0.29) is 23.8 Å². The average Bonchev–Trinajstić information content (AvgIpc) is 3.71. The Bertz CT molecular complexity index is 1040. The molecular weight excluding hydrogens is 445 g/mol. The van der Waals surface area contributed by atoms with Crippen molar-refractivity contribution in [3.63, 3.8) is 0 Å². The molecule has 0 radical (unpaired) electrons. The molecular formula is C31H37F3O. The third-order valence-corrected chi connectivity index (χ3v) is 8.69. The summed E-state index contributed by atoms with van der Waals surface area (Å²) >= 11 is 0. The molecule has 188 valence electrons. The summed E-state index contributed by atoms with van der Waals surface area (Å²) < 4.78 is 49.7. The zero-order valence-corrected chi connectivity index (χ0v) is 20.7. The third kappa shape index (κ3) is 5.69. The molecule has 3 aliphatic rings. The standard InChI is InChI=1S/C31H37F3O/c1-2-3-20-6-11-23(12-7-20)25-16-17-26(31(34)30(25)33)24-13-8-21(9-14-24)4-5-22-10-15-27(28(32)18-22)29-19-35-29/h2-3,10,15-18,20-21,23-24,29H,4-9,11-14,19H2,1H3/b3-2+. The highest BCUT2D eigenvalue weighted by Gasteiger charge is 2.30. The van der Waals surface area contributed by atoms with Crippen LogP contribution in [0, 0.1) is 29.3 Å². The fraction of sp³-hybridized carbons (Fsp3) is 0.548. The first kappa shape index (κ1) is 24.6. The molecule has 0 N–H and O–H groups in total. The number of halogens is 3. The lowest BCUT2D eigenvalue weighted by Gasteiger charge is -2.30. The van der Waals surface area contributed by atoms with Crippen LogP contribution in [0.3, 0.4) is 0 Å². The van der Waals surface area contributed by atoms with Crippen molar-refractivity contribution in [1.29, 1.82) is 0 Å². The average molecular weight is 483 g/mol. The second-order valence-electron chi connectivity index (χ2n) is 10.9. The van der Waals surface area contributed by atoms with E-state index in [1.807, 2.05) is 31.2 Å². The first-order valence-corrected chi connectivity index (χ1v) is 13.5. The van der Waals surface area contributed by atoms with E-state index in [9.17, 15) is 4.39 Å². The van der Waals surface area contributed by atoms with Crippen LogP contribution in [0.5, 0.6) is 0 Å². The summed E-state index contributed by atoms with van der Waals surface area (Å²) in [6, 6.07) is 9.25. The van der Waals surface area contributed by atoms with Crippen molar-refractivity contribution in [2.75, 3.05) is 6.61 Å². The number of epoxide rings is 1. The molecule has 1 saturated heterocycles. The first-order valence-electron chi connectivity index (χ1n) is 13.5. The molecule has 5 rings (SSSR count). The third-order valence-electron chi connectivity index (χ3n) is 8.69. The molecule has 2 aromatic carbocycles. The van der Waals surface area contributed by atoms with Crippen LogP contribution in [0.4, 0.5) is 13.2 Å². The predicted octanol–water partition coefficient (Wildman–Crippen LogP) is 8.93. The van der Waals surface area contributed by atoms with E-state index in [4.69, 9.17) is 4.74 Å². The van der Waals surface area contributed by atoms with Crippen molar-refractivity contribution < 1.29 is 17.9 Å². The Morgan fingerprint density at radius 3 is 1.91 bits per heavy atom. The van der Waals surface area contributed by atoms with Gasteiger partial charge in [0.2, 0.25) is 0 Å². The van der Waals surface area contributed by atoms with E-state index in [0.29, 0.717) is 35.1 Å². The molecule has 35 heavy (non-hydrogen) atoms. The molecule has 1 aliphatic heterocycles. The van der Waals surface area contributed by atoms with Crippen LogP contribution >= 0.6 is 0 Å². The molecule has 1 nitrogen and oxygen atoms in total. The molecule has 0 amide bonds. The number of hydrogen-bond donors (Lipinski definition) is 0.